The summed E-state index contributed by atoms with van der Waals surface area (Å²) in [6.45, 7) is 3.44. The van der Waals surface area contributed by atoms with Crippen LogP contribution in [-0.2, 0) is 0 Å². The molecule has 5 nitrogen and oxygen atoms in total. The van der Waals surface area contributed by atoms with Crippen LogP contribution >= 0.6 is 15.9 Å². The number of benzene rings is 1. The molecule has 128 valence electrons. The van der Waals surface area contributed by atoms with Crippen LogP contribution in [-0.4, -0.2) is 38.4 Å². The average Bonchev–Trinajstić information content (AvgIpc) is 3.16. The number of hydrogen-bond acceptors (Lipinski definition) is 3. The molecule has 1 aliphatic rings. The number of carbonyl (C=O) groups is 1. The maximum atomic E-state index is 13.3. The van der Waals surface area contributed by atoms with E-state index in [0.29, 0.717) is 12.6 Å². The Bertz CT molecular complexity index is 923. The van der Waals surface area contributed by atoms with Gasteiger partial charge < -0.3 is 9.47 Å². The van der Waals surface area contributed by atoms with Gasteiger partial charge in [0.2, 0.25) is 0 Å². The standard InChI is InChI=1S/C19H19BrN4O/c1-13-9-17(16-10-14(20)4-5-18(16)22-13)19(25)23-7-2-3-15(11-23)24-8-6-21-12-24/h4-6,8-10,12,15H,2-3,7,11H2,1H3. The van der Waals surface area contributed by atoms with Gasteiger partial charge in [-0.15, -0.1) is 0 Å². The van der Waals surface area contributed by atoms with Gasteiger partial charge >= 0.3 is 0 Å². The minimum atomic E-state index is 0.0819. The molecule has 2 aromatic heterocycles. The number of amides is 1. The monoisotopic (exact) mass is 398 g/mol. The molecular formula is C19H19BrN4O. The van der Waals surface area contributed by atoms with Gasteiger partial charge in [-0.25, -0.2) is 4.98 Å². The predicted molar refractivity (Wildman–Crippen MR) is 101 cm³/mol. The molecule has 3 heterocycles. The van der Waals surface area contributed by atoms with E-state index in [1.54, 1.807) is 6.20 Å². The van der Waals surface area contributed by atoms with Gasteiger partial charge in [-0.1, -0.05) is 15.9 Å². The van der Waals surface area contributed by atoms with E-state index in [1.807, 2.05) is 48.6 Å². The quantitative estimate of drug-likeness (QED) is 0.655. The van der Waals surface area contributed by atoms with E-state index < -0.39 is 0 Å². The van der Waals surface area contributed by atoms with Crippen molar-refractivity contribution in [3.8, 4) is 0 Å². The van der Waals surface area contributed by atoms with Crippen LogP contribution in [0, 0.1) is 6.92 Å². The summed E-state index contributed by atoms with van der Waals surface area (Å²) >= 11 is 3.50. The first-order chi connectivity index (χ1) is 12.1. The number of pyridine rings is 1. The van der Waals surface area contributed by atoms with Crippen LogP contribution in [0.4, 0.5) is 0 Å². The van der Waals surface area contributed by atoms with Gasteiger partial charge in [-0.2, -0.15) is 0 Å². The van der Waals surface area contributed by atoms with Gasteiger partial charge in [0.15, 0.2) is 0 Å². The molecule has 1 fully saturated rings. The largest absolute Gasteiger partial charge is 0.337 e. The Morgan fingerprint density at radius 3 is 3.00 bits per heavy atom. The van der Waals surface area contributed by atoms with Crippen LogP contribution < -0.4 is 0 Å². The minimum Gasteiger partial charge on any atom is -0.337 e. The molecule has 3 aromatic rings. The van der Waals surface area contributed by atoms with E-state index in [-0.39, 0.29) is 5.91 Å². The molecule has 1 saturated heterocycles. The smallest absolute Gasteiger partial charge is 0.254 e. The van der Waals surface area contributed by atoms with Crippen molar-refractivity contribution in [1.82, 2.24) is 19.4 Å². The number of aryl methyl sites for hydroxylation is 1. The number of piperidine rings is 1. The summed E-state index contributed by atoms with van der Waals surface area (Å²) in [6.07, 6.45) is 7.67. The lowest BCUT2D eigenvalue weighted by molar-refractivity contribution is 0.0681. The number of nitrogens with zero attached hydrogens (tertiary/aromatic N) is 4. The van der Waals surface area contributed by atoms with Crippen molar-refractivity contribution in [3.05, 3.63) is 58.7 Å². The van der Waals surface area contributed by atoms with E-state index in [9.17, 15) is 4.79 Å². The highest BCUT2D eigenvalue weighted by molar-refractivity contribution is 9.10. The fourth-order valence-corrected chi connectivity index (χ4v) is 3.91. The van der Waals surface area contributed by atoms with Crippen LogP contribution in [0.3, 0.4) is 0 Å². The third kappa shape index (κ3) is 3.18. The van der Waals surface area contributed by atoms with Crippen molar-refractivity contribution >= 4 is 32.7 Å². The number of aromatic nitrogens is 3. The zero-order valence-electron chi connectivity index (χ0n) is 14.0. The molecular weight excluding hydrogens is 380 g/mol. The summed E-state index contributed by atoms with van der Waals surface area (Å²) in [7, 11) is 0. The fourth-order valence-electron chi connectivity index (χ4n) is 3.55. The summed E-state index contributed by atoms with van der Waals surface area (Å²) in [5, 5.41) is 0.898. The molecule has 1 unspecified atom stereocenters. The predicted octanol–water partition coefficient (Wildman–Crippen LogP) is 3.98. The molecule has 1 amide bonds. The molecule has 0 radical (unpaired) electrons. The maximum Gasteiger partial charge on any atom is 0.254 e. The highest BCUT2D eigenvalue weighted by Gasteiger charge is 2.26. The van der Waals surface area contributed by atoms with E-state index >= 15 is 0 Å². The number of imidazole rings is 1. The van der Waals surface area contributed by atoms with Gasteiger partial charge in [0.05, 0.1) is 23.4 Å². The summed E-state index contributed by atoms with van der Waals surface area (Å²) in [5.41, 5.74) is 2.45. The molecule has 0 N–H and O–H groups in total. The Hall–Kier alpha value is -2.21. The molecule has 1 atom stereocenters. The van der Waals surface area contributed by atoms with E-state index in [0.717, 1.165) is 46.0 Å². The van der Waals surface area contributed by atoms with Crippen LogP contribution in [0.2, 0.25) is 0 Å². The molecule has 25 heavy (non-hydrogen) atoms. The normalized spacial score (nSPS) is 17.8. The lowest BCUT2D eigenvalue weighted by Crippen LogP contribution is -2.40. The topological polar surface area (TPSA) is 51.0 Å². The number of rotatable bonds is 2. The Morgan fingerprint density at radius 2 is 2.20 bits per heavy atom. The van der Waals surface area contributed by atoms with Crippen LogP contribution in [0.25, 0.3) is 10.9 Å². The van der Waals surface area contributed by atoms with Crippen molar-refractivity contribution in [3.63, 3.8) is 0 Å². The Balaban J connectivity index is 1.68. The third-order valence-electron chi connectivity index (χ3n) is 4.76. The summed E-state index contributed by atoms with van der Waals surface area (Å²) in [6, 6.07) is 8.08. The zero-order chi connectivity index (χ0) is 17.4. The number of likely N-dealkylation sites (tertiary alicyclic amines) is 1. The molecule has 0 saturated carbocycles. The first kappa shape index (κ1) is 16.3. The minimum absolute atomic E-state index is 0.0819. The fraction of sp³-hybridized carbons (Fsp3) is 0.316. The van der Waals surface area contributed by atoms with Crippen molar-refractivity contribution in [1.29, 1.82) is 0 Å². The molecule has 1 aliphatic heterocycles. The number of carbonyl (C=O) groups excluding carboxylic acids is 1. The van der Waals surface area contributed by atoms with Gasteiger partial charge in [0, 0.05) is 41.0 Å². The van der Waals surface area contributed by atoms with Crippen molar-refractivity contribution in [2.75, 3.05) is 13.1 Å². The summed E-state index contributed by atoms with van der Waals surface area (Å²) < 4.78 is 3.06. The van der Waals surface area contributed by atoms with E-state index in [4.69, 9.17) is 0 Å². The maximum absolute atomic E-state index is 13.3. The number of hydrogen-bond donors (Lipinski definition) is 0. The molecule has 4 rings (SSSR count). The number of fused-ring (bicyclic) bond motifs is 1. The average molecular weight is 399 g/mol. The van der Waals surface area contributed by atoms with Crippen LogP contribution in [0.15, 0.2) is 47.5 Å². The lowest BCUT2D eigenvalue weighted by Gasteiger charge is -2.33. The number of halogens is 1. The van der Waals surface area contributed by atoms with Crippen LogP contribution in [0.5, 0.6) is 0 Å². The zero-order valence-corrected chi connectivity index (χ0v) is 15.6. The lowest BCUT2D eigenvalue weighted by atomic mass is 10.0. The molecule has 1 aromatic carbocycles. The van der Waals surface area contributed by atoms with Gasteiger partial charge in [-0.05, 0) is 44.0 Å². The second-order valence-corrected chi connectivity index (χ2v) is 7.45. The Kier molecular flexibility index (Phi) is 4.29. The Morgan fingerprint density at radius 1 is 1.32 bits per heavy atom. The second-order valence-electron chi connectivity index (χ2n) is 6.53. The van der Waals surface area contributed by atoms with Crippen molar-refractivity contribution in [2.45, 2.75) is 25.8 Å². The van der Waals surface area contributed by atoms with Gasteiger partial charge in [0.25, 0.3) is 5.91 Å². The van der Waals surface area contributed by atoms with Gasteiger partial charge in [0.1, 0.15) is 0 Å². The summed E-state index contributed by atoms with van der Waals surface area (Å²) in [5.74, 6) is 0.0819. The van der Waals surface area contributed by atoms with E-state index in [1.165, 1.54) is 0 Å². The highest BCUT2D eigenvalue weighted by Crippen LogP contribution is 2.27. The highest BCUT2D eigenvalue weighted by atomic mass is 79.9. The van der Waals surface area contributed by atoms with E-state index in [2.05, 4.69) is 30.5 Å². The first-order valence-electron chi connectivity index (χ1n) is 8.45. The van der Waals surface area contributed by atoms with Crippen LogP contribution in [0.1, 0.15) is 34.9 Å². The third-order valence-corrected chi connectivity index (χ3v) is 5.25. The van der Waals surface area contributed by atoms with Crippen molar-refractivity contribution < 1.29 is 4.79 Å². The molecule has 0 bridgehead atoms. The van der Waals surface area contributed by atoms with Gasteiger partial charge in [-0.3, -0.25) is 9.78 Å². The summed E-state index contributed by atoms with van der Waals surface area (Å²) in [4.78, 5) is 23.9. The SMILES string of the molecule is Cc1cc(C(=O)N2CCCC(n3ccnc3)C2)c2cc(Br)ccc2n1. The Labute approximate surface area is 154 Å². The molecule has 0 aliphatic carbocycles. The first-order valence-corrected chi connectivity index (χ1v) is 9.25. The molecule has 6 heteroatoms. The molecule has 0 spiro atoms. The van der Waals surface area contributed by atoms with Crippen molar-refractivity contribution in [2.24, 2.45) is 0 Å². The second kappa shape index (κ2) is 6.59.